The van der Waals surface area contributed by atoms with Crippen molar-refractivity contribution < 1.29 is 9.21 Å². The van der Waals surface area contributed by atoms with E-state index in [4.69, 9.17) is 4.42 Å². The third-order valence-corrected chi connectivity index (χ3v) is 3.74. The minimum Gasteiger partial charge on any atom is -0.460 e. The predicted molar refractivity (Wildman–Crippen MR) is 75.4 cm³/mol. The van der Waals surface area contributed by atoms with Crippen molar-refractivity contribution in [2.24, 2.45) is 7.05 Å². The van der Waals surface area contributed by atoms with Gasteiger partial charge in [-0.15, -0.1) is 0 Å². The SMILES string of the molecule is Cc1ccc(-c2cc(C(=O)N3CCCCC3)n(C)n2)o1. The van der Waals surface area contributed by atoms with Crippen molar-refractivity contribution in [3.8, 4) is 11.5 Å². The fraction of sp³-hybridized carbons (Fsp3) is 0.467. The first-order valence-electron chi connectivity index (χ1n) is 7.05. The molecule has 1 fully saturated rings. The van der Waals surface area contributed by atoms with Crippen molar-refractivity contribution in [1.82, 2.24) is 14.7 Å². The molecule has 5 heteroatoms. The lowest BCUT2D eigenvalue weighted by molar-refractivity contribution is 0.0713. The van der Waals surface area contributed by atoms with Gasteiger partial charge in [0.2, 0.25) is 0 Å². The number of hydrogen-bond donors (Lipinski definition) is 0. The first-order chi connectivity index (χ1) is 9.65. The lowest BCUT2D eigenvalue weighted by atomic mass is 10.1. The average molecular weight is 273 g/mol. The zero-order valence-electron chi connectivity index (χ0n) is 11.9. The number of piperidine rings is 1. The van der Waals surface area contributed by atoms with Gasteiger partial charge in [-0.05, 0) is 38.3 Å². The Balaban J connectivity index is 1.86. The Bertz CT molecular complexity index is 621. The van der Waals surface area contributed by atoms with Gasteiger partial charge in [-0.1, -0.05) is 0 Å². The van der Waals surface area contributed by atoms with Crippen molar-refractivity contribution in [3.63, 3.8) is 0 Å². The predicted octanol–water partition coefficient (Wildman–Crippen LogP) is 2.61. The van der Waals surface area contributed by atoms with Crippen molar-refractivity contribution in [3.05, 3.63) is 29.7 Å². The van der Waals surface area contributed by atoms with E-state index in [1.54, 1.807) is 11.7 Å². The van der Waals surface area contributed by atoms with Crippen molar-refractivity contribution in [2.75, 3.05) is 13.1 Å². The highest BCUT2D eigenvalue weighted by molar-refractivity contribution is 5.93. The molecule has 20 heavy (non-hydrogen) atoms. The minimum absolute atomic E-state index is 0.0641. The monoisotopic (exact) mass is 273 g/mol. The molecule has 1 saturated heterocycles. The Morgan fingerprint density at radius 3 is 2.65 bits per heavy atom. The first-order valence-corrected chi connectivity index (χ1v) is 7.05. The highest BCUT2D eigenvalue weighted by atomic mass is 16.3. The standard InChI is InChI=1S/C15H19N3O2/c1-11-6-7-14(20-11)12-10-13(17(2)16-12)15(19)18-8-4-3-5-9-18/h6-7,10H,3-5,8-9H2,1-2H3. The Morgan fingerprint density at radius 1 is 1.25 bits per heavy atom. The van der Waals surface area contributed by atoms with Gasteiger partial charge in [0.05, 0.1) is 0 Å². The van der Waals surface area contributed by atoms with Crippen molar-refractivity contribution >= 4 is 5.91 Å². The smallest absolute Gasteiger partial charge is 0.272 e. The van der Waals surface area contributed by atoms with Gasteiger partial charge in [-0.3, -0.25) is 9.48 Å². The number of carbonyl (C=O) groups is 1. The number of likely N-dealkylation sites (tertiary alicyclic amines) is 1. The molecule has 3 rings (SSSR count). The molecule has 0 aliphatic carbocycles. The molecule has 1 aliphatic rings. The summed E-state index contributed by atoms with van der Waals surface area (Å²) >= 11 is 0. The number of carbonyl (C=O) groups excluding carboxylic acids is 1. The normalized spacial score (nSPS) is 15.6. The van der Waals surface area contributed by atoms with Gasteiger partial charge >= 0.3 is 0 Å². The van der Waals surface area contributed by atoms with E-state index in [0.29, 0.717) is 17.1 Å². The molecule has 0 saturated carbocycles. The van der Waals surface area contributed by atoms with Crippen molar-refractivity contribution in [1.29, 1.82) is 0 Å². The quantitative estimate of drug-likeness (QED) is 0.845. The van der Waals surface area contributed by atoms with Gasteiger partial charge in [0.25, 0.3) is 5.91 Å². The van der Waals surface area contributed by atoms with Gasteiger partial charge < -0.3 is 9.32 Å². The summed E-state index contributed by atoms with van der Waals surface area (Å²) in [5.41, 5.74) is 1.33. The van der Waals surface area contributed by atoms with E-state index in [9.17, 15) is 4.79 Å². The molecule has 0 atom stereocenters. The van der Waals surface area contributed by atoms with Gasteiger partial charge in [-0.25, -0.2) is 0 Å². The molecule has 106 valence electrons. The molecule has 3 heterocycles. The van der Waals surface area contributed by atoms with Crippen LogP contribution in [-0.2, 0) is 7.05 Å². The Hall–Kier alpha value is -2.04. The zero-order valence-corrected chi connectivity index (χ0v) is 11.9. The molecule has 0 unspecified atom stereocenters. The summed E-state index contributed by atoms with van der Waals surface area (Å²) in [4.78, 5) is 14.4. The second-order valence-electron chi connectivity index (χ2n) is 5.30. The highest BCUT2D eigenvalue weighted by Crippen LogP contribution is 2.22. The Morgan fingerprint density at radius 2 is 2.00 bits per heavy atom. The largest absolute Gasteiger partial charge is 0.460 e. The Labute approximate surface area is 118 Å². The fourth-order valence-corrected chi connectivity index (χ4v) is 2.62. The lowest BCUT2D eigenvalue weighted by Crippen LogP contribution is -2.36. The number of aromatic nitrogens is 2. The number of furan rings is 1. The van der Waals surface area contributed by atoms with Crippen LogP contribution in [0.2, 0.25) is 0 Å². The van der Waals surface area contributed by atoms with E-state index < -0.39 is 0 Å². The van der Waals surface area contributed by atoms with Gasteiger partial charge in [0.1, 0.15) is 17.1 Å². The van der Waals surface area contributed by atoms with Crippen LogP contribution in [0.25, 0.3) is 11.5 Å². The van der Waals surface area contributed by atoms with E-state index in [1.807, 2.05) is 30.0 Å². The summed E-state index contributed by atoms with van der Waals surface area (Å²) < 4.78 is 7.21. The zero-order chi connectivity index (χ0) is 14.1. The lowest BCUT2D eigenvalue weighted by Gasteiger charge is -2.26. The van der Waals surface area contributed by atoms with E-state index in [2.05, 4.69) is 5.10 Å². The molecule has 1 amide bonds. The molecule has 0 bridgehead atoms. The van der Waals surface area contributed by atoms with Crippen LogP contribution >= 0.6 is 0 Å². The van der Waals surface area contributed by atoms with E-state index in [0.717, 1.165) is 31.7 Å². The molecule has 5 nitrogen and oxygen atoms in total. The summed E-state index contributed by atoms with van der Waals surface area (Å²) in [5, 5.41) is 4.39. The third kappa shape index (κ3) is 2.35. The molecular formula is C15H19N3O2. The molecule has 2 aromatic heterocycles. The molecule has 0 radical (unpaired) electrons. The van der Waals surface area contributed by atoms with Gasteiger partial charge in [-0.2, -0.15) is 5.10 Å². The highest BCUT2D eigenvalue weighted by Gasteiger charge is 2.22. The van der Waals surface area contributed by atoms with E-state index in [-0.39, 0.29) is 5.91 Å². The maximum atomic E-state index is 12.5. The summed E-state index contributed by atoms with van der Waals surface area (Å²) in [5.74, 6) is 1.61. The van der Waals surface area contributed by atoms with E-state index >= 15 is 0 Å². The third-order valence-electron chi connectivity index (χ3n) is 3.74. The fourth-order valence-electron chi connectivity index (χ4n) is 2.62. The maximum absolute atomic E-state index is 12.5. The second-order valence-corrected chi connectivity index (χ2v) is 5.30. The summed E-state index contributed by atoms with van der Waals surface area (Å²) in [7, 11) is 1.80. The summed E-state index contributed by atoms with van der Waals surface area (Å²) in [6, 6.07) is 5.60. The average Bonchev–Trinajstić information content (AvgIpc) is 3.05. The van der Waals surface area contributed by atoms with Crippen LogP contribution in [-0.4, -0.2) is 33.7 Å². The van der Waals surface area contributed by atoms with Crippen LogP contribution in [0.5, 0.6) is 0 Å². The van der Waals surface area contributed by atoms with Gasteiger partial charge in [0.15, 0.2) is 5.76 Å². The van der Waals surface area contributed by atoms with E-state index in [1.165, 1.54) is 6.42 Å². The number of hydrogen-bond acceptors (Lipinski definition) is 3. The molecule has 0 spiro atoms. The van der Waals surface area contributed by atoms with Crippen LogP contribution in [0.4, 0.5) is 0 Å². The molecule has 1 aliphatic heterocycles. The summed E-state index contributed by atoms with van der Waals surface area (Å²) in [6.07, 6.45) is 3.40. The first kappa shape index (κ1) is 13.0. The van der Waals surface area contributed by atoms with Crippen LogP contribution in [0.15, 0.2) is 22.6 Å². The molecule has 2 aromatic rings. The summed E-state index contributed by atoms with van der Waals surface area (Å²) in [6.45, 7) is 3.59. The van der Waals surface area contributed by atoms with Gasteiger partial charge in [0, 0.05) is 26.2 Å². The molecule has 0 aromatic carbocycles. The number of rotatable bonds is 2. The number of nitrogens with zero attached hydrogens (tertiary/aromatic N) is 3. The van der Waals surface area contributed by atoms with Crippen LogP contribution in [0.1, 0.15) is 35.5 Å². The number of aryl methyl sites for hydroxylation is 2. The maximum Gasteiger partial charge on any atom is 0.272 e. The van der Waals surface area contributed by atoms with Crippen LogP contribution < -0.4 is 0 Å². The van der Waals surface area contributed by atoms with Crippen LogP contribution in [0.3, 0.4) is 0 Å². The Kier molecular flexibility index (Phi) is 3.34. The minimum atomic E-state index is 0.0641. The molecular weight excluding hydrogens is 254 g/mol. The van der Waals surface area contributed by atoms with Crippen LogP contribution in [0, 0.1) is 6.92 Å². The van der Waals surface area contributed by atoms with Crippen molar-refractivity contribution in [2.45, 2.75) is 26.2 Å². The number of amides is 1. The molecule has 0 N–H and O–H groups in total. The topological polar surface area (TPSA) is 51.3 Å². The second kappa shape index (κ2) is 5.15.